The van der Waals surface area contributed by atoms with E-state index in [-0.39, 0.29) is 0 Å². The van der Waals surface area contributed by atoms with Crippen LogP contribution in [0.25, 0.3) is 0 Å². The highest BCUT2D eigenvalue weighted by Gasteiger charge is 2.91. The highest BCUT2D eigenvalue weighted by atomic mass is 19.4. The van der Waals surface area contributed by atoms with Gasteiger partial charge in [0.05, 0.1) is 0 Å². The number of hydrogen-bond donors (Lipinski definition) is 0. The van der Waals surface area contributed by atoms with E-state index in [4.69, 9.17) is 0 Å². The number of rotatable bonds is 5. The molecule has 0 aromatic heterocycles. The average molecular weight is 486 g/mol. The maximum Gasteiger partial charge on any atom is 0.460 e. The summed E-state index contributed by atoms with van der Waals surface area (Å²) in [6.07, 6.45) is -7.74. The third kappa shape index (κ3) is 3.04. The van der Waals surface area contributed by atoms with Gasteiger partial charge < -0.3 is 0 Å². The lowest BCUT2D eigenvalue weighted by Crippen LogP contribution is -2.69. The van der Waals surface area contributed by atoms with E-state index in [9.17, 15) is 79.0 Å². The highest BCUT2D eigenvalue weighted by Crippen LogP contribution is 2.62. The summed E-state index contributed by atoms with van der Waals surface area (Å²) in [6.45, 7) is 0. The van der Waals surface area contributed by atoms with Crippen molar-refractivity contribution in [3.63, 3.8) is 0 Å². The summed E-state index contributed by atoms with van der Waals surface area (Å²) in [6, 6.07) is 0. The smallest absolute Gasteiger partial charge is 0.203 e. The summed E-state index contributed by atoms with van der Waals surface area (Å²) >= 11 is 0. The Morgan fingerprint density at radius 1 is 0.333 bits per heavy atom. The fourth-order valence-corrected chi connectivity index (χ4v) is 1.81. The zero-order chi connectivity index (χ0) is 24.5. The molecule has 0 unspecified atom stereocenters. The predicted molar refractivity (Wildman–Crippen MR) is 56.0 cm³/mol. The molecule has 0 N–H and O–H groups in total. The predicted octanol–water partition coefficient (Wildman–Crippen LogP) is 6.58. The van der Waals surface area contributed by atoms with E-state index in [0.29, 0.717) is 0 Å². The van der Waals surface area contributed by atoms with Gasteiger partial charge >= 0.3 is 35.8 Å². The van der Waals surface area contributed by atoms with Crippen LogP contribution in [0.2, 0.25) is 0 Å². The van der Waals surface area contributed by atoms with Crippen LogP contribution in [-0.2, 0) is 5.92 Å². The van der Waals surface area contributed by atoms with E-state index in [1.165, 1.54) is 0 Å². The molecule has 1 aromatic rings. The van der Waals surface area contributed by atoms with Crippen LogP contribution >= 0.6 is 0 Å². The van der Waals surface area contributed by atoms with E-state index < -0.39 is 70.4 Å². The fraction of sp³-hybridized carbons (Fsp3) is 0.500. The first-order valence-electron chi connectivity index (χ1n) is 6.40. The Kier molecular flexibility index (Phi) is 5.83. The van der Waals surface area contributed by atoms with Crippen LogP contribution in [0.1, 0.15) is 5.56 Å². The van der Waals surface area contributed by atoms with E-state index >= 15 is 0 Å². The number of hydrogen-bond acceptors (Lipinski definition) is 0. The summed E-state index contributed by atoms with van der Waals surface area (Å²) in [5.41, 5.74) is -4.19. The molecule has 0 fully saturated rings. The molecule has 0 heterocycles. The van der Waals surface area contributed by atoms with Gasteiger partial charge in [-0.15, -0.1) is 0 Å². The topological polar surface area (TPSA) is 0 Å². The lowest BCUT2D eigenvalue weighted by molar-refractivity contribution is -0.442. The summed E-state index contributed by atoms with van der Waals surface area (Å²) in [4.78, 5) is 0. The molecule has 18 heteroatoms. The molecule has 0 aliphatic carbocycles. The Balaban J connectivity index is 3.87. The maximum atomic E-state index is 13.6. The Labute approximate surface area is 151 Å². The van der Waals surface area contributed by atoms with E-state index in [0.717, 1.165) is 0 Å². The van der Waals surface area contributed by atoms with Gasteiger partial charge in [0.1, 0.15) is 5.56 Å². The number of benzene rings is 1. The summed E-state index contributed by atoms with van der Waals surface area (Å²) in [7, 11) is 0. The second-order valence-electron chi connectivity index (χ2n) is 5.31. The minimum Gasteiger partial charge on any atom is -0.203 e. The first kappa shape index (κ1) is 26.0. The van der Waals surface area contributed by atoms with Gasteiger partial charge in [0.15, 0.2) is 23.3 Å². The molecule has 0 saturated heterocycles. The molecular weight excluding hydrogens is 486 g/mol. The molecule has 30 heavy (non-hydrogen) atoms. The summed E-state index contributed by atoms with van der Waals surface area (Å²) in [5, 5.41) is 0. The van der Waals surface area contributed by atoms with E-state index in [2.05, 4.69) is 0 Å². The van der Waals surface area contributed by atoms with Gasteiger partial charge in [-0.1, -0.05) is 0 Å². The molecule has 174 valence electrons. The highest BCUT2D eigenvalue weighted by molar-refractivity contribution is 5.31. The molecule has 0 amide bonds. The summed E-state index contributed by atoms with van der Waals surface area (Å²) < 4.78 is 233. The third-order valence-corrected chi connectivity index (χ3v) is 3.46. The van der Waals surface area contributed by atoms with Crippen molar-refractivity contribution >= 4 is 0 Å². The van der Waals surface area contributed by atoms with Crippen LogP contribution in [0.5, 0.6) is 0 Å². The number of halogens is 18. The molecule has 0 aliphatic rings. The van der Waals surface area contributed by atoms with E-state index in [1.807, 2.05) is 0 Å². The van der Waals surface area contributed by atoms with Crippen molar-refractivity contribution in [3.05, 3.63) is 34.6 Å². The largest absolute Gasteiger partial charge is 0.460 e. The van der Waals surface area contributed by atoms with Crippen LogP contribution in [-0.4, -0.2) is 29.9 Å². The Bertz CT molecular complexity index is 802. The molecule has 0 nitrogen and oxygen atoms in total. The van der Waals surface area contributed by atoms with Crippen molar-refractivity contribution in [2.45, 2.75) is 35.8 Å². The molecule has 0 spiro atoms. The van der Waals surface area contributed by atoms with Gasteiger partial charge in [-0.25, -0.2) is 22.0 Å². The first-order valence-corrected chi connectivity index (χ1v) is 6.40. The minimum absolute atomic E-state index is 3.31. The maximum absolute atomic E-state index is 13.6. The Morgan fingerprint density at radius 2 is 0.600 bits per heavy atom. The minimum atomic E-state index is -8.47. The van der Waals surface area contributed by atoms with Crippen LogP contribution in [0, 0.1) is 29.1 Å². The van der Waals surface area contributed by atoms with Crippen LogP contribution in [0.15, 0.2) is 0 Å². The van der Waals surface area contributed by atoms with Crippen molar-refractivity contribution in [2.75, 3.05) is 0 Å². The van der Waals surface area contributed by atoms with Crippen LogP contribution in [0.3, 0.4) is 0 Å². The SMILES string of the molecule is Fc1c(F)c(F)c(C(F)(F)C(F)(F)C(F)(F)C(F)(F)C(F)(F)C(F)(F)F)c(F)c1F. The summed E-state index contributed by atoms with van der Waals surface area (Å²) in [5.74, 6) is -59.1. The van der Waals surface area contributed by atoms with Gasteiger partial charge in [-0.3, -0.25) is 0 Å². The molecule has 0 radical (unpaired) electrons. The normalized spacial score (nSPS) is 15.0. The average Bonchev–Trinajstić information content (AvgIpc) is 2.56. The number of alkyl halides is 13. The lowest BCUT2D eigenvalue weighted by atomic mass is 9.90. The van der Waals surface area contributed by atoms with Gasteiger partial charge in [0.2, 0.25) is 5.82 Å². The first-order chi connectivity index (χ1) is 12.9. The Hall–Kier alpha value is -2.04. The van der Waals surface area contributed by atoms with Crippen molar-refractivity contribution in [1.82, 2.24) is 0 Å². The zero-order valence-electron chi connectivity index (χ0n) is 12.8. The lowest BCUT2D eigenvalue weighted by Gasteiger charge is -2.39. The monoisotopic (exact) mass is 486 g/mol. The van der Waals surface area contributed by atoms with Gasteiger partial charge in [-0.05, 0) is 0 Å². The molecule has 1 aromatic carbocycles. The quantitative estimate of drug-likeness (QED) is 0.251. The van der Waals surface area contributed by atoms with Gasteiger partial charge in [0, 0.05) is 0 Å². The van der Waals surface area contributed by atoms with Crippen molar-refractivity contribution < 1.29 is 79.0 Å². The molecule has 0 atom stereocenters. The van der Waals surface area contributed by atoms with Crippen molar-refractivity contribution in [3.8, 4) is 0 Å². The van der Waals surface area contributed by atoms with Gasteiger partial charge in [0.25, 0.3) is 0 Å². The second kappa shape index (κ2) is 6.73. The molecule has 0 aliphatic heterocycles. The van der Waals surface area contributed by atoms with Crippen LogP contribution in [0.4, 0.5) is 79.0 Å². The Morgan fingerprint density at radius 3 is 0.900 bits per heavy atom. The van der Waals surface area contributed by atoms with E-state index in [1.54, 1.807) is 0 Å². The van der Waals surface area contributed by atoms with Gasteiger partial charge in [-0.2, -0.15) is 57.1 Å². The third-order valence-electron chi connectivity index (χ3n) is 3.46. The molecule has 1 rings (SSSR count). The zero-order valence-corrected chi connectivity index (χ0v) is 12.8. The van der Waals surface area contributed by atoms with Crippen molar-refractivity contribution in [2.24, 2.45) is 0 Å². The molecule has 0 saturated carbocycles. The molecular formula is C12F18. The van der Waals surface area contributed by atoms with Crippen molar-refractivity contribution in [1.29, 1.82) is 0 Å². The molecule has 0 bridgehead atoms. The second-order valence-corrected chi connectivity index (χ2v) is 5.31. The standard InChI is InChI=1S/C12F18/c13-2-1(3(14)5(16)6(17)4(2)15)7(18,19)8(20,21)9(22,23)10(24,25)11(26,27)12(28,29)30. The van der Waals surface area contributed by atoms with Crippen LogP contribution < -0.4 is 0 Å². The fourth-order valence-electron chi connectivity index (χ4n) is 1.81.